The molecular formula is C62H57BN2O4S2. The van der Waals surface area contributed by atoms with Crippen LogP contribution in [0.25, 0.3) is 42.4 Å². The fourth-order valence-corrected chi connectivity index (χ4v) is 13.6. The van der Waals surface area contributed by atoms with Crippen molar-refractivity contribution in [3.05, 3.63) is 150 Å². The SMILES string of the molecule is CC(C)(C)c1cc2c3c(c1)N(c1cc4c(cc1-c1ccccc1)OCCO4)c1sc4ccc(C(C)(C)C)cc4c1B3c1c(sc3ccc(C(C)(C)C)cc13)N2c1cc2c(cc1-c1ccccc1)OCCO2. The molecule has 0 N–H and O–H groups in total. The Morgan fingerprint density at radius 3 is 1.15 bits per heavy atom. The molecule has 0 spiro atoms. The van der Waals surface area contributed by atoms with Crippen LogP contribution in [0, 0.1) is 0 Å². The van der Waals surface area contributed by atoms with Gasteiger partial charge < -0.3 is 28.7 Å². The van der Waals surface area contributed by atoms with Crippen LogP contribution in [-0.2, 0) is 16.2 Å². The van der Waals surface area contributed by atoms with Crippen molar-refractivity contribution in [2.24, 2.45) is 0 Å². The second kappa shape index (κ2) is 15.9. The summed E-state index contributed by atoms with van der Waals surface area (Å²) in [7, 11) is 0. The normalized spacial score (nSPS) is 15.0. The number of anilines is 6. The molecule has 0 atom stereocenters. The van der Waals surface area contributed by atoms with E-state index in [1.807, 2.05) is 22.7 Å². The Morgan fingerprint density at radius 1 is 0.394 bits per heavy atom. The summed E-state index contributed by atoms with van der Waals surface area (Å²) in [5.41, 5.74) is 16.4. The van der Waals surface area contributed by atoms with E-state index in [4.69, 9.17) is 18.9 Å². The summed E-state index contributed by atoms with van der Waals surface area (Å²) in [4.78, 5) is 5.20. The first-order valence-electron chi connectivity index (χ1n) is 25.0. The highest BCUT2D eigenvalue weighted by Crippen LogP contribution is 2.56. The van der Waals surface area contributed by atoms with Gasteiger partial charge in [-0.15, -0.1) is 22.7 Å². The van der Waals surface area contributed by atoms with Gasteiger partial charge in [0.1, 0.15) is 26.4 Å². The predicted molar refractivity (Wildman–Crippen MR) is 300 cm³/mol. The van der Waals surface area contributed by atoms with E-state index in [2.05, 4.69) is 206 Å². The number of hydrogen-bond donors (Lipinski definition) is 0. The molecule has 0 aliphatic carbocycles. The molecule has 0 fully saturated rings. The van der Waals surface area contributed by atoms with Crippen molar-refractivity contribution >= 4 is 98.7 Å². The molecule has 13 rings (SSSR count). The van der Waals surface area contributed by atoms with Crippen LogP contribution in [0.2, 0.25) is 0 Å². The van der Waals surface area contributed by atoms with Gasteiger partial charge in [0.05, 0.1) is 21.4 Å². The molecule has 9 aromatic rings. The molecule has 2 aromatic heterocycles. The fraction of sp³-hybridized carbons (Fsp3) is 0.258. The number of fused-ring (bicyclic) bond motifs is 10. The van der Waals surface area contributed by atoms with Gasteiger partial charge in [-0.2, -0.15) is 0 Å². The van der Waals surface area contributed by atoms with Crippen LogP contribution in [0.3, 0.4) is 0 Å². The Morgan fingerprint density at radius 2 is 0.775 bits per heavy atom. The molecule has 0 unspecified atom stereocenters. The number of rotatable bonds is 4. The zero-order chi connectivity index (χ0) is 48.7. The zero-order valence-electron chi connectivity index (χ0n) is 42.0. The third-order valence-electron chi connectivity index (χ3n) is 14.9. The zero-order valence-corrected chi connectivity index (χ0v) is 43.6. The molecule has 0 amide bonds. The average Bonchev–Trinajstić information content (AvgIpc) is 3.94. The first-order chi connectivity index (χ1) is 34.1. The Bertz CT molecular complexity index is 3400. The molecule has 0 saturated heterocycles. The molecule has 6 nitrogen and oxygen atoms in total. The van der Waals surface area contributed by atoms with E-state index in [0.717, 1.165) is 56.6 Å². The smallest absolute Gasteiger partial charge is 0.256 e. The molecule has 4 aliphatic rings. The van der Waals surface area contributed by atoms with E-state index in [1.54, 1.807) is 0 Å². The van der Waals surface area contributed by atoms with Gasteiger partial charge in [0.2, 0.25) is 0 Å². The highest BCUT2D eigenvalue weighted by Gasteiger charge is 2.49. The Hall–Kier alpha value is -6.68. The second-order valence-electron chi connectivity index (χ2n) is 22.6. The third kappa shape index (κ3) is 7.09. The molecule has 0 saturated carbocycles. The highest BCUT2D eigenvalue weighted by atomic mass is 32.1. The summed E-state index contributed by atoms with van der Waals surface area (Å²) in [5, 5.41) is 5.06. The summed E-state index contributed by atoms with van der Waals surface area (Å²) in [6, 6.07) is 50.0. The van der Waals surface area contributed by atoms with E-state index in [9.17, 15) is 0 Å². The topological polar surface area (TPSA) is 43.4 Å². The molecule has 7 aromatic carbocycles. The van der Waals surface area contributed by atoms with Crippen LogP contribution in [0.15, 0.2) is 133 Å². The number of nitrogens with zero attached hydrogens (tertiary/aromatic N) is 2. The fourth-order valence-electron chi connectivity index (χ4n) is 11.1. The summed E-state index contributed by atoms with van der Waals surface area (Å²) >= 11 is 3.81. The van der Waals surface area contributed by atoms with Crippen LogP contribution in [0.4, 0.5) is 32.8 Å². The lowest BCUT2D eigenvalue weighted by Gasteiger charge is -2.44. The van der Waals surface area contributed by atoms with Gasteiger partial charge in [-0.25, -0.2) is 0 Å². The summed E-state index contributed by atoms with van der Waals surface area (Å²) in [6.07, 6.45) is 0. The minimum absolute atomic E-state index is 0.0599. The molecule has 71 heavy (non-hydrogen) atoms. The molecule has 4 aliphatic heterocycles. The number of ether oxygens (including phenoxy) is 4. The molecule has 0 bridgehead atoms. The Kier molecular flexibility index (Phi) is 9.92. The maximum atomic E-state index is 6.51. The van der Waals surface area contributed by atoms with Crippen LogP contribution >= 0.6 is 22.7 Å². The molecule has 9 heteroatoms. The van der Waals surface area contributed by atoms with Crippen molar-refractivity contribution in [2.75, 3.05) is 36.2 Å². The Labute approximate surface area is 425 Å². The van der Waals surface area contributed by atoms with Gasteiger partial charge in [0.25, 0.3) is 6.71 Å². The lowest BCUT2D eigenvalue weighted by Crippen LogP contribution is -2.60. The van der Waals surface area contributed by atoms with Crippen molar-refractivity contribution in [1.29, 1.82) is 0 Å². The average molecular weight is 969 g/mol. The second-order valence-corrected chi connectivity index (χ2v) is 24.7. The van der Waals surface area contributed by atoms with Crippen molar-refractivity contribution in [3.8, 4) is 45.3 Å². The van der Waals surface area contributed by atoms with Gasteiger partial charge in [0.15, 0.2) is 23.0 Å². The van der Waals surface area contributed by atoms with E-state index >= 15 is 0 Å². The standard InChI is InChI=1S/C62H57BN2O4S2/c1-60(2,3)38-20-22-53-43(28-38)55-58(70-53)64(45-34-51-49(66-24-26-68-51)32-41(45)36-16-12-10-13-17-36)47-30-40(62(7,8)9)31-48-57(47)63(55)56-44-29-39(61(4,5)6)21-23-54(44)71-59(56)65(48)46-35-52-50(67-25-27-69-52)33-42(46)37-18-14-11-15-19-37/h10-23,28-35H,24-27H2,1-9H3. The van der Waals surface area contributed by atoms with Gasteiger partial charge in [-0.3, -0.25) is 0 Å². The van der Waals surface area contributed by atoms with Crippen LogP contribution < -0.4 is 45.1 Å². The molecule has 0 radical (unpaired) electrons. The number of thiophene rings is 2. The monoisotopic (exact) mass is 968 g/mol. The Balaban J connectivity index is 1.22. The lowest BCUT2D eigenvalue weighted by atomic mass is 9.33. The van der Waals surface area contributed by atoms with Gasteiger partial charge in [0, 0.05) is 44.0 Å². The van der Waals surface area contributed by atoms with E-state index in [-0.39, 0.29) is 23.0 Å². The van der Waals surface area contributed by atoms with Crippen molar-refractivity contribution < 1.29 is 18.9 Å². The van der Waals surface area contributed by atoms with Crippen LogP contribution in [0.5, 0.6) is 23.0 Å². The van der Waals surface area contributed by atoms with E-state index in [1.165, 1.54) is 74.6 Å². The number of hydrogen-bond acceptors (Lipinski definition) is 8. The van der Waals surface area contributed by atoms with Crippen LogP contribution in [0.1, 0.15) is 79.0 Å². The minimum atomic E-state index is -0.216. The van der Waals surface area contributed by atoms with Gasteiger partial charge >= 0.3 is 0 Å². The lowest BCUT2D eigenvalue weighted by molar-refractivity contribution is 0.172. The van der Waals surface area contributed by atoms with Crippen LogP contribution in [-0.4, -0.2) is 33.1 Å². The van der Waals surface area contributed by atoms with E-state index < -0.39 is 0 Å². The molecule has 354 valence electrons. The number of benzene rings is 7. The maximum Gasteiger partial charge on any atom is 0.256 e. The van der Waals surface area contributed by atoms with E-state index in [0.29, 0.717) is 26.4 Å². The molecule has 6 heterocycles. The third-order valence-corrected chi connectivity index (χ3v) is 17.2. The van der Waals surface area contributed by atoms with Gasteiger partial charge in [-0.1, -0.05) is 147 Å². The first-order valence-corrected chi connectivity index (χ1v) is 26.6. The minimum Gasteiger partial charge on any atom is -0.486 e. The summed E-state index contributed by atoms with van der Waals surface area (Å²) < 4.78 is 28.3. The predicted octanol–water partition coefficient (Wildman–Crippen LogP) is 15.0. The highest BCUT2D eigenvalue weighted by molar-refractivity contribution is 7.29. The maximum absolute atomic E-state index is 6.51. The van der Waals surface area contributed by atoms with Crippen molar-refractivity contribution in [1.82, 2.24) is 0 Å². The van der Waals surface area contributed by atoms with Gasteiger partial charge in [-0.05, 0) is 108 Å². The first kappa shape index (κ1) is 44.3. The summed E-state index contributed by atoms with van der Waals surface area (Å²) in [6.45, 7) is 22.9. The largest absolute Gasteiger partial charge is 0.486 e. The summed E-state index contributed by atoms with van der Waals surface area (Å²) in [5.74, 6) is 3.07. The van der Waals surface area contributed by atoms with Crippen molar-refractivity contribution in [2.45, 2.75) is 78.6 Å². The van der Waals surface area contributed by atoms with Crippen molar-refractivity contribution in [3.63, 3.8) is 0 Å². The molecular weight excluding hydrogens is 912 g/mol. The quantitative estimate of drug-likeness (QED) is 0.164.